The first-order valence-electron chi connectivity index (χ1n) is 35.9. The van der Waals surface area contributed by atoms with Crippen molar-refractivity contribution in [1.82, 2.24) is 0 Å². The van der Waals surface area contributed by atoms with E-state index in [9.17, 15) is 14.4 Å². The summed E-state index contributed by atoms with van der Waals surface area (Å²) in [6.45, 7) is 6.52. The number of rotatable bonds is 66. The zero-order valence-corrected chi connectivity index (χ0v) is 54.8. The van der Waals surface area contributed by atoms with Gasteiger partial charge >= 0.3 is 17.9 Å². The molecule has 0 aromatic carbocycles. The summed E-state index contributed by atoms with van der Waals surface area (Å²) >= 11 is 0. The molecule has 0 amide bonds. The fraction of sp³-hybridized carbons (Fsp3) is 0.803. The summed E-state index contributed by atoms with van der Waals surface area (Å²) in [7, 11) is 0. The maximum atomic E-state index is 12.9. The van der Waals surface area contributed by atoms with Crippen molar-refractivity contribution in [3.63, 3.8) is 0 Å². The Bertz CT molecular complexity index is 1500. The first kappa shape index (κ1) is 78.8. The second-order valence-corrected chi connectivity index (χ2v) is 24.1. The van der Waals surface area contributed by atoms with Crippen LogP contribution in [0.3, 0.4) is 0 Å². The SMILES string of the molecule is CC/C=C\C/C=C\C/C=C\C/C=C\C/C=C\CCCCCCCCCCCCCCCCCC(=O)OCC(COC(=O)CCCCCCC/C=C\CCC)OC(=O)CCCCCCCCCCCCCCCCCCCCCCCCC. The Labute approximate surface area is 510 Å². The molecule has 6 heteroatoms. The van der Waals surface area contributed by atoms with Gasteiger partial charge in [0.05, 0.1) is 0 Å². The van der Waals surface area contributed by atoms with Crippen molar-refractivity contribution < 1.29 is 28.6 Å². The van der Waals surface area contributed by atoms with Gasteiger partial charge in [0.15, 0.2) is 6.10 Å². The number of hydrogen-bond acceptors (Lipinski definition) is 6. The average Bonchev–Trinajstić information content (AvgIpc) is 3.47. The van der Waals surface area contributed by atoms with Crippen LogP contribution in [0.1, 0.15) is 374 Å². The Morgan fingerprint density at radius 1 is 0.256 bits per heavy atom. The van der Waals surface area contributed by atoms with Gasteiger partial charge in [-0.1, -0.05) is 344 Å². The highest BCUT2D eigenvalue weighted by atomic mass is 16.6. The van der Waals surface area contributed by atoms with Gasteiger partial charge in [-0.25, -0.2) is 0 Å². The van der Waals surface area contributed by atoms with Crippen LogP contribution in [0.25, 0.3) is 0 Å². The van der Waals surface area contributed by atoms with Gasteiger partial charge in [-0.15, -0.1) is 0 Å². The van der Waals surface area contributed by atoms with E-state index in [-0.39, 0.29) is 31.1 Å². The van der Waals surface area contributed by atoms with Crippen molar-refractivity contribution in [3.8, 4) is 0 Å². The number of hydrogen-bond donors (Lipinski definition) is 0. The lowest BCUT2D eigenvalue weighted by atomic mass is 10.0. The summed E-state index contributed by atoms with van der Waals surface area (Å²) in [5.74, 6) is -0.861. The topological polar surface area (TPSA) is 78.9 Å². The van der Waals surface area contributed by atoms with Crippen LogP contribution in [0.15, 0.2) is 72.9 Å². The molecule has 0 fully saturated rings. The van der Waals surface area contributed by atoms with Crippen LogP contribution in [-0.2, 0) is 28.6 Å². The fourth-order valence-electron chi connectivity index (χ4n) is 10.6. The Kier molecular flexibility index (Phi) is 67.6. The van der Waals surface area contributed by atoms with Gasteiger partial charge in [0.1, 0.15) is 13.2 Å². The Morgan fingerprint density at radius 2 is 0.500 bits per heavy atom. The largest absolute Gasteiger partial charge is 0.462 e. The minimum atomic E-state index is -0.776. The van der Waals surface area contributed by atoms with Crippen molar-refractivity contribution in [1.29, 1.82) is 0 Å². The van der Waals surface area contributed by atoms with Crippen LogP contribution in [0.5, 0.6) is 0 Å². The van der Waals surface area contributed by atoms with Gasteiger partial charge in [-0.3, -0.25) is 14.4 Å². The van der Waals surface area contributed by atoms with Crippen LogP contribution < -0.4 is 0 Å². The number of unbranched alkanes of at least 4 members (excludes halogenated alkanes) is 43. The minimum absolute atomic E-state index is 0.0730. The number of ether oxygens (including phenoxy) is 3. The van der Waals surface area contributed by atoms with Crippen LogP contribution in [-0.4, -0.2) is 37.2 Å². The average molecular weight is 1150 g/mol. The third-order valence-electron chi connectivity index (χ3n) is 15.9. The van der Waals surface area contributed by atoms with E-state index in [0.29, 0.717) is 19.3 Å². The molecule has 1 atom stereocenters. The van der Waals surface area contributed by atoms with Crippen LogP contribution in [0.2, 0.25) is 0 Å². The van der Waals surface area contributed by atoms with Crippen molar-refractivity contribution >= 4 is 17.9 Å². The molecule has 1 unspecified atom stereocenters. The van der Waals surface area contributed by atoms with Gasteiger partial charge in [-0.2, -0.15) is 0 Å². The molecule has 0 bridgehead atoms. The monoisotopic (exact) mass is 1150 g/mol. The first-order valence-corrected chi connectivity index (χ1v) is 35.9. The van der Waals surface area contributed by atoms with Crippen molar-refractivity contribution in [2.24, 2.45) is 0 Å². The maximum absolute atomic E-state index is 12.9. The third-order valence-corrected chi connectivity index (χ3v) is 15.9. The van der Waals surface area contributed by atoms with Gasteiger partial charge in [0.2, 0.25) is 0 Å². The molecule has 0 aromatic heterocycles. The molecule has 6 nitrogen and oxygen atoms in total. The molecule has 0 aliphatic rings. The molecule has 0 aliphatic heterocycles. The van der Waals surface area contributed by atoms with E-state index in [1.54, 1.807) is 0 Å². The minimum Gasteiger partial charge on any atom is -0.462 e. The summed E-state index contributed by atoms with van der Waals surface area (Å²) in [6, 6.07) is 0. The predicted octanol–water partition coefficient (Wildman–Crippen LogP) is 24.8. The molecule has 0 saturated carbocycles. The molecule has 0 heterocycles. The lowest BCUT2D eigenvalue weighted by Gasteiger charge is -2.18. The highest BCUT2D eigenvalue weighted by molar-refractivity contribution is 5.71. The smallest absolute Gasteiger partial charge is 0.306 e. The standard InChI is InChI=1S/C76H136O6/c1-4-7-10-13-16-19-22-24-26-28-30-32-34-35-36-37-38-39-40-41-43-44-46-48-50-52-54-57-60-63-66-69-75(78)81-72-73(71-80-74(77)68-65-62-59-56-21-18-15-12-9-6-3)82-76(79)70-67-64-61-58-55-53-51-49-47-45-42-33-31-29-27-25-23-20-17-14-11-8-5-2/h7,10,12,15-16,19,24,26,30,32,35-36,73H,4-6,8-9,11,13-14,17-18,20-23,25,27-29,31,33-34,37-72H2,1-3H3/b10-7-,15-12-,19-16-,26-24-,32-30-,36-35-. The summed E-state index contributed by atoms with van der Waals surface area (Å²) in [4.78, 5) is 38.3. The molecular weight excluding hydrogens is 1010 g/mol. The highest BCUT2D eigenvalue weighted by Crippen LogP contribution is 2.18. The molecule has 0 spiro atoms. The maximum Gasteiger partial charge on any atom is 0.306 e. The van der Waals surface area contributed by atoms with Crippen LogP contribution in [0.4, 0.5) is 0 Å². The molecule has 0 saturated heterocycles. The van der Waals surface area contributed by atoms with Crippen molar-refractivity contribution in [2.45, 2.75) is 380 Å². The van der Waals surface area contributed by atoms with Gasteiger partial charge in [0, 0.05) is 19.3 Å². The molecule has 476 valence electrons. The van der Waals surface area contributed by atoms with E-state index in [1.165, 1.54) is 231 Å². The zero-order valence-electron chi connectivity index (χ0n) is 54.8. The highest BCUT2D eigenvalue weighted by Gasteiger charge is 2.19. The summed E-state index contributed by atoms with van der Waals surface area (Å²) < 4.78 is 17.0. The Morgan fingerprint density at radius 3 is 0.805 bits per heavy atom. The van der Waals surface area contributed by atoms with Crippen LogP contribution in [0, 0.1) is 0 Å². The second kappa shape index (κ2) is 70.3. The summed E-state index contributed by atoms with van der Waals surface area (Å²) in [5.41, 5.74) is 0. The van der Waals surface area contributed by atoms with E-state index in [4.69, 9.17) is 14.2 Å². The second-order valence-electron chi connectivity index (χ2n) is 24.1. The quantitative estimate of drug-likeness (QED) is 0.0261. The fourth-order valence-corrected chi connectivity index (χ4v) is 10.6. The van der Waals surface area contributed by atoms with Crippen molar-refractivity contribution in [2.75, 3.05) is 13.2 Å². The third kappa shape index (κ3) is 67.6. The molecule has 0 N–H and O–H groups in total. The van der Waals surface area contributed by atoms with E-state index in [1.807, 2.05) is 0 Å². The molecule has 82 heavy (non-hydrogen) atoms. The number of carbonyl (C=O) groups is 3. The van der Waals surface area contributed by atoms with E-state index < -0.39 is 6.10 Å². The predicted molar refractivity (Wildman–Crippen MR) is 358 cm³/mol. The first-order chi connectivity index (χ1) is 40.5. The van der Waals surface area contributed by atoms with Gasteiger partial charge in [0.25, 0.3) is 0 Å². The number of esters is 3. The Balaban J connectivity index is 4.13. The summed E-state index contributed by atoms with van der Waals surface area (Å²) in [6.07, 6.45) is 92.4. The summed E-state index contributed by atoms with van der Waals surface area (Å²) in [5, 5.41) is 0. The number of allylic oxidation sites excluding steroid dienone is 12. The molecule has 0 rings (SSSR count). The lowest BCUT2D eigenvalue weighted by molar-refractivity contribution is -0.167. The normalized spacial score (nSPS) is 12.5. The zero-order chi connectivity index (χ0) is 59.2. The number of carbonyl (C=O) groups excluding carboxylic acids is 3. The van der Waals surface area contributed by atoms with Crippen LogP contribution >= 0.6 is 0 Å². The molecule has 0 radical (unpaired) electrons. The molecular formula is C76H136O6. The van der Waals surface area contributed by atoms with E-state index in [0.717, 1.165) is 103 Å². The van der Waals surface area contributed by atoms with Gasteiger partial charge < -0.3 is 14.2 Å². The Hall–Kier alpha value is -3.15. The van der Waals surface area contributed by atoms with Gasteiger partial charge in [-0.05, 0) is 83.5 Å². The van der Waals surface area contributed by atoms with Crippen molar-refractivity contribution in [3.05, 3.63) is 72.9 Å². The van der Waals surface area contributed by atoms with E-state index >= 15 is 0 Å². The van der Waals surface area contributed by atoms with E-state index in [2.05, 4.69) is 93.7 Å². The lowest BCUT2D eigenvalue weighted by Crippen LogP contribution is -2.30. The molecule has 0 aromatic rings. The molecule has 0 aliphatic carbocycles.